The van der Waals surface area contributed by atoms with Crippen molar-refractivity contribution in [1.29, 1.82) is 0 Å². The first-order chi connectivity index (χ1) is 8.72. The molecule has 1 aliphatic rings. The fourth-order valence-electron chi connectivity index (χ4n) is 2.35. The van der Waals surface area contributed by atoms with Crippen LogP contribution in [0.4, 0.5) is 0 Å². The molecule has 18 heavy (non-hydrogen) atoms. The average Bonchev–Trinajstić information content (AvgIpc) is 2.74. The lowest BCUT2D eigenvalue weighted by molar-refractivity contribution is 0.541. The van der Waals surface area contributed by atoms with Gasteiger partial charge < -0.3 is 4.57 Å². The van der Waals surface area contributed by atoms with E-state index in [1.165, 1.54) is 11.1 Å². The Bertz CT molecular complexity index is 637. The van der Waals surface area contributed by atoms with Gasteiger partial charge >= 0.3 is 0 Å². The lowest BCUT2D eigenvalue weighted by Crippen LogP contribution is -2.08. The van der Waals surface area contributed by atoms with Crippen LogP contribution >= 0.6 is 11.6 Å². The fraction of sp³-hybridized carbons (Fsp3) is 0.267. The molecule has 0 amide bonds. The summed E-state index contributed by atoms with van der Waals surface area (Å²) in [4.78, 5) is 4.46. The van der Waals surface area contributed by atoms with Gasteiger partial charge in [-0.3, -0.25) is 0 Å². The third-order valence-electron chi connectivity index (χ3n) is 3.35. The molecule has 3 rings (SSSR count). The van der Waals surface area contributed by atoms with Crippen LogP contribution in [0.5, 0.6) is 0 Å². The molecular weight excluding hydrogens is 244 g/mol. The van der Waals surface area contributed by atoms with Crippen LogP contribution in [0.3, 0.4) is 0 Å². The van der Waals surface area contributed by atoms with Gasteiger partial charge in [-0.2, -0.15) is 0 Å². The second-order valence-electron chi connectivity index (χ2n) is 4.83. The quantitative estimate of drug-likeness (QED) is 0.795. The first kappa shape index (κ1) is 11.5. The number of aromatic nitrogens is 2. The Kier molecular flexibility index (Phi) is 2.96. The number of hydrogen-bond donors (Lipinski definition) is 0. The highest BCUT2D eigenvalue weighted by Gasteiger charge is 2.10. The Hall–Kier alpha value is -1.54. The van der Waals surface area contributed by atoms with Gasteiger partial charge in [-0.15, -0.1) is 0 Å². The predicted molar refractivity (Wildman–Crippen MR) is 75.7 cm³/mol. The Morgan fingerprint density at radius 1 is 1.44 bits per heavy atom. The number of allylic oxidation sites excluding steroid dienone is 4. The van der Waals surface area contributed by atoms with E-state index in [0.29, 0.717) is 5.92 Å². The Morgan fingerprint density at radius 3 is 3.11 bits per heavy atom. The van der Waals surface area contributed by atoms with Crippen LogP contribution in [0.1, 0.15) is 12.0 Å². The monoisotopic (exact) mass is 258 g/mol. The van der Waals surface area contributed by atoms with E-state index >= 15 is 0 Å². The predicted octanol–water partition coefficient (Wildman–Crippen LogP) is 4.04. The van der Waals surface area contributed by atoms with Gasteiger partial charge in [0.25, 0.3) is 0 Å². The summed E-state index contributed by atoms with van der Waals surface area (Å²) in [6.45, 7) is 3.05. The average molecular weight is 259 g/mol. The van der Waals surface area contributed by atoms with Crippen LogP contribution in [-0.4, -0.2) is 9.55 Å². The third kappa shape index (κ3) is 2.21. The van der Waals surface area contributed by atoms with Crippen molar-refractivity contribution in [2.24, 2.45) is 5.92 Å². The fourth-order valence-corrected chi connectivity index (χ4v) is 2.51. The van der Waals surface area contributed by atoms with Crippen molar-refractivity contribution >= 4 is 22.6 Å². The number of benzene rings is 1. The van der Waals surface area contributed by atoms with Crippen molar-refractivity contribution in [1.82, 2.24) is 9.55 Å². The Morgan fingerprint density at radius 2 is 2.33 bits per heavy atom. The zero-order valence-electron chi connectivity index (χ0n) is 10.3. The SMILES string of the molecule is Cc1ccc2c(c1)ncn2CC1C=CC(Cl)=CC1. The number of halogens is 1. The van der Waals surface area contributed by atoms with E-state index in [1.54, 1.807) is 0 Å². The minimum atomic E-state index is 0.506. The van der Waals surface area contributed by atoms with E-state index in [9.17, 15) is 0 Å². The lowest BCUT2D eigenvalue weighted by Gasteiger charge is -2.15. The van der Waals surface area contributed by atoms with Crippen molar-refractivity contribution in [3.8, 4) is 0 Å². The highest BCUT2D eigenvalue weighted by atomic mass is 35.5. The van der Waals surface area contributed by atoms with Crippen molar-refractivity contribution in [3.63, 3.8) is 0 Å². The molecule has 1 heterocycles. The number of imidazole rings is 1. The number of rotatable bonds is 2. The summed E-state index contributed by atoms with van der Waals surface area (Å²) in [6.07, 6.45) is 9.18. The summed E-state index contributed by atoms with van der Waals surface area (Å²) < 4.78 is 2.22. The van der Waals surface area contributed by atoms with E-state index < -0.39 is 0 Å². The summed E-state index contributed by atoms with van der Waals surface area (Å²) in [7, 11) is 0. The van der Waals surface area contributed by atoms with Crippen LogP contribution in [0.15, 0.2) is 47.8 Å². The molecule has 0 saturated heterocycles. The minimum Gasteiger partial charge on any atom is -0.330 e. The normalized spacial score (nSPS) is 19.2. The number of aryl methyl sites for hydroxylation is 1. The summed E-state index contributed by atoms with van der Waals surface area (Å²) in [5, 5.41) is 0.845. The van der Waals surface area contributed by atoms with E-state index in [1.807, 2.05) is 12.4 Å². The Labute approximate surface area is 112 Å². The molecule has 0 fully saturated rings. The highest BCUT2D eigenvalue weighted by Crippen LogP contribution is 2.22. The zero-order chi connectivity index (χ0) is 12.5. The second kappa shape index (κ2) is 4.62. The molecule has 92 valence electrons. The molecule has 1 atom stereocenters. The Balaban J connectivity index is 1.85. The molecule has 0 spiro atoms. The second-order valence-corrected chi connectivity index (χ2v) is 5.27. The van der Waals surface area contributed by atoms with Crippen molar-refractivity contribution in [3.05, 3.63) is 53.4 Å². The molecular formula is C15H15ClN2. The third-order valence-corrected chi connectivity index (χ3v) is 3.63. The first-order valence-electron chi connectivity index (χ1n) is 6.18. The number of nitrogens with zero attached hydrogens (tertiary/aromatic N) is 2. The maximum atomic E-state index is 5.93. The molecule has 2 aromatic rings. The van der Waals surface area contributed by atoms with Gasteiger partial charge in [0.1, 0.15) is 0 Å². The standard InChI is InChI=1S/C15H15ClN2/c1-11-2-7-15-14(8-11)17-10-18(15)9-12-3-5-13(16)6-4-12/h2-3,5-8,10,12H,4,9H2,1H3. The molecule has 0 saturated carbocycles. The zero-order valence-corrected chi connectivity index (χ0v) is 11.1. The van der Waals surface area contributed by atoms with Crippen LogP contribution in [0.2, 0.25) is 0 Å². The van der Waals surface area contributed by atoms with Crippen molar-refractivity contribution in [2.45, 2.75) is 19.9 Å². The van der Waals surface area contributed by atoms with Gasteiger partial charge in [-0.1, -0.05) is 29.8 Å². The van der Waals surface area contributed by atoms with Crippen LogP contribution in [0, 0.1) is 12.8 Å². The number of fused-ring (bicyclic) bond motifs is 1. The molecule has 1 aromatic carbocycles. The summed E-state index contributed by atoms with van der Waals surface area (Å²) in [5.41, 5.74) is 3.53. The van der Waals surface area contributed by atoms with Gasteiger partial charge in [0, 0.05) is 11.6 Å². The van der Waals surface area contributed by atoms with Crippen LogP contribution in [0.25, 0.3) is 11.0 Å². The van der Waals surface area contributed by atoms with Crippen LogP contribution < -0.4 is 0 Å². The van der Waals surface area contributed by atoms with Gasteiger partial charge in [0.15, 0.2) is 0 Å². The molecule has 2 nitrogen and oxygen atoms in total. The van der Waals surface area contributed by atoms with E-state index in [-0.39, 0.29) is 0 Å². The first-order valence-corrected chi connectivity index (χ1v) is 6.55. The maximum absolute atomic E-state index is 5.93. The maximum Gasteiger partial charge on any atom is 0.0958 e. The summed E-state index contributed by atoms with van der Waals surface area (Å²) in [6, 6.07) is 6.40. The van der Waals surface area contributed by atoms with Gasteiger partial charge in [-0.05, 0) is 43.0 Å². The van der Waals surface area contributed by atoms with Gasteiger partial charge in [0.2, 0.25) is 0 Å². The van der Waals surface area contributed by atoms with Crippen LogP contribution in [-0.2, 0) is 6.54 Å². The van der Waals surface area contributed by atoms with E-state index in [4.69, 9.17) is 11.6 Å². The van der Waals surface area contributed by atoms with Gasteiger partial charge in [-0.25, -0.2) is 4.98 Å². The molecule has 1 aliphatic carbocycles. The molecule has 0 aliphatic heterocycles. The topological polar surface area (TPSA) is 17.8 Å². The minimum absolute atomic E-state index is 0.506. The van der Waals surface area contributed by atoms with E-state index in [0.717, 1.165) is 23.5 Å². The molecule has 1 unspecified atom stereocenters. The largest absolute Gasteiger partial charge is 0.330 e. The molecule has 0 radical (unpaired) electrons. The smallest absolute Gasteiger partial charge is 0.0958 e. The van der Waals surface area contributed by atoms with Crippen molar-refractivity contribution in [2.75, 3.05) is 0 Å². The summed E-state index contributed by atoms with van der Waals surface area (Å²) in [5.74, 6) is 0.506. The van der Waals surface area contributed by atoms with E-state index in [2.05, 4.69) is 46.8 Å². The summed E-state index contributed by atoms with van der Waals surface area (Å²) >= 11 is 5.93. The number of hydrogen-bond acceptors (Lipinski definition) is 1. The van der Waals surface area contributed by atoms with Gasteiger partial charge in [0.05, 0.1) is 17.4 Å². The molecule has 1 aromatic heterocycles. The molecule has 0 N–H and O–H groups in total. The molecule has 3 heteroatoms. The lowest BCUT2D eigenvalue weighted by atomic mass is 10.0. The van der Waals surface area contributed by atoms with Crippen molar-refractivity contribution < 1.29 is 0 Å². The molecule has 0 bridgehead atoms. The highest BCUT2D eigenvalue weighted by molar-refractivity contribution is 6.31.